The third-order valence-electron chi connectivity index (χ3n) is 5.76. The Morgan fingerprint density at radius 2 is 2.18 bits per heavy atom. The molecule has 4 N–H and O–H groups in total. The number of hydrogen-bond acceptors (Lipinski definition) is 8. The first-order valence-corrected chi connectivity index (χ1v) is 10.8. The Bertz CT molecular complexity index is 1200. The van der Waals surface area contributed by atoms with Gasteiger partial charge in [-0.1, -0.05) is 17.7 Å². The zero-order valence-corrected chi connectivity index (χ0v) is 18.7. The molecular formula is C22H21FN6O3S. The van der Waals surface area contributed by atoms with Crippen LogP contribution in [0.15, 0.2) is 35.6 Å². The normalized spacial score (nSPS) is 25.2. The molecular weight excluding hydrogens is 447 g/mol. The number of halogens is 1. The molecule has 0 unspecified atom stereocenters. The zero-order valence-electron chi connectivity index (χ0n) is 17.9. The minimum atomic E-state index is -1.07. The van der Waals surface area contributed by atoms with Crippen LogP contribution in [0.4, 0.5) is 10.1 Å². The number of ether oxygens (including phenoxy) is 1. The Hall–Kier alpha value is -3.65. The number of carbonyl (C=O) groups is 2. The molecule has 2 amide bonds. The van der Waals surface area contributed by atoms with E-state index < -0.39 is 22.0 Å². The van der Waals surface area contributed by atoms with Crippen molar-refractivity contribution in [1.29, 1.82) is 0 Å². The monoisotopic (exact) mass is 468 g/mol. The molecule has 0 saturated heterocycles. The number of nitrogens with one attached hydrogen (secondary N) is 2. The first kappa shape index (κ1) is 22.5. The number of fused-ring (bicyclic) bond motifs is 1. The van der Waals surface area contributed by atoms with Crippen molar-refractivity contribution in [3.63, 3.8) is 0 Å². The average Bonchev–Trinajstić information content (AvgIpc) is 3.55. The molecule has 0 bridgehead atoms. The summed E-state index contributed by atoms with van der Waals surface area (Å²) in [4.78, 5) is 37.6. The van der Waals surface area contributed by atoms with Crippen molar-refractivity contribution >= 4 is 34.4 Å². The van der Waals surface area contributed by atoms with Crippen LogP contribution in [0.3, 0.4) is 0 Å². The van der Waals surface area contributed by atoms with Gasteiger partial charge in [0.25, 0.3) is 5.91 Å². The molecule has 1 fully saturated rings. The quantitative estimate of drug-likeness (QED) is 0.550. The van der Waals surface area contributed by atoms with E-state index in [9.17, 15) is 14.0 Å². The van der Waals surface area contributed by atoms with E-state index in [0.717, 1.165) is 0 Å². The molecule has 1 saturated carbocycles. The number of rotatable bonds is 6. The van der Waals surface area contributed by atoms with Crippen LogP contribution in [-0.2, 0) is 10.3 Å². The first-order chi connectivity index (χ1) is 15.7. The molecule has 170 valence electrons. The molecule has 11 heteroatoms. The van der Waals surface area contributed by atoms with Crippen molar-refractivity contribution in [1.82, 2.24) is 15.3 Å². The van der Waals surface area contributed by atoms with E-state index in [1.807, 2.05) is 0 Å². The average molecular weight is 469 g/mol. The van der Waals surface area contributed by atoms with Crippen molar-refractivity contribution in [2.75, 3.05) is 19.0 Å². The zero-order chi connectivity index (χ0) is 23.8. The molecule has 1 aliphatic heterocycles. The molecule has 3 atom stereocenters. The minimum absolute atomic E-state index is 0.0328. The van der Waals surface area contributed by atoms with Crippen LogP contribution in [0.1, 0.15) is 29.4 Å². The predicted molar refractivity (Wildman–Crippen MR) is 122 cm³/mol. The van der Waals surface area contributed by atoms with Crippen LogP contribution in [-0.4, -0.2) is 45.4 Å². The van der Waals surface area contributed by atoms with E-state index in [0.29, 0.717) is 12.1 Å². The lowest BCUT2D eigenvalue weighted by Gasteiger charge is -2.33. The largest absolute Gasteiger partial charge is 0.463 e. The summed E-state index contributed by atoms with van der Waals surface area (Å²) in [6.45, 7) is 1.78. The van der Waals surface area contributed by atoms with Crippen molar-refractivity contribution < 1.29 is 18.7 Å². The lowest BCUT2D eigenvalue weighted by Crippen LogP contribution is -2.43. The topological polar surface area (TPSA) is 132 Å². The second-order valence-corrected chi connectivity index (χ2v) is 9.16. The fourth-order valence-corrected chi connectivity index (χ4v) is 5.52. The van der Waals surface area contributed by atoms with E-state index in [2.05, 4.69) is 31.5 Å². The van der Waals surface area contributed by atoms with E-state index in [-0.39, 0.29) is 40.7 Å². The standard InChI is InChI=1S/C22H21FN6O3S/c1-4-7-32-17-11-26-15(10-27-17)18(30)28-12-5-6-14(23)13(8-12)21(2)16-9-22(16,19(31)25-3)33-20(24)29-21/h1,5-6,8,10-11,16H,7,9H2,2-3H3,(H2,24,29)(H,25,31)(H,28,30)/t16-,21+,22-/m0/s1. The van der Waals surface area contributed by atoms with Gasteiger partial charge in [-0.2, -0.15) is 0 Å². The summed E-state index contributed by atoms with van der Waals surface area (Å²) in [5, 5.41) is 5.56. The Morgan fingerprint density at radius 3 is 2.85 bits per heavy atom. The second kappa shape index (κ2) is 8.37. The summed E-state index contributed by atoms with van der Waals surface area (Å²) in [5.74, 6) is 1.04. The third kappa shape index (κ3) is 3.98. The van der Waals surface area contributed by atoms with Crippen LogP contribution in [0.5, 0.6) is 5.88 Å². The van der Waals surface area contributed by atoms with Crippen LogP contribution >= 0.6 is 11.8 Å². The van der Waals surface area contributed by atoms with Crippen LogP contribution in [0.2, 0.25) is 0 Å². The van der Waals surface area contributed by atoms with Gasteiger partial charge >= 0.3 is 0 Å². The van der Waals surface area contributed by atoms with E-state index in [1.165, 1.54) is 42.4 Å². The molecule has 0 radical (unpaired) electrons. The Balaban J connectivity index is 1.59. The fraction of sp³-hybridized carbons (Fsp3) is 0.318. The number of anilines is 1. The number of hydrogen-bond donors (Lipinski definition) is 3. The maximum atomic E-state index is 15.0. The minimum Gasteiger partial charge on any atom is -0.463 e. The van der Waals surface area contributed by atoms with Crippen LogP contribution in [0.25, 0.3) is 0 Å². The Kier molecular flexibility index (Phi) is 5.71. The highest BCUT2D eigenvalue weighted by molar-refractivity contribution is 8.15. The number of nitrogens with zero attached hydrogens (tertiary/aromatic N) is 3. The highest BCUT2D eigenvalue weighted by atomic mass is 32.2. The molecule has 2 heterocycles. The molecule has 1 aliphatic carbocycles. The summed E-state index contributed by atoms with van der Waals surface area (Å²) in [5.41, 5.74) is 5.58. The van der Waals surface area contributed by atoms with Gasteiger partial charge in [0.1, 0.15) is 16.3 Å². The number of aromatic nitrogens is 2. The van der Waals surface area contributed by atoms with Crippen molar-refractivity contribution in [2.45, 2.75) is 23.6 Å². The lowest BCUT2D eigenvalue weighted by atomic mass is 9.85. The summed E-state index contributed by atoms with van der Waals surface area (Å²) in [7, 11) is 1.56. The van der Waals surface area contributed by atoms with Crippen molar-refractivity contribution in [2.24, 2.45) is 16.6 Å². The number of amidine groups is 1. The van der Waals surface area contributed by atoms with E-state index >= 15 is 0 Å². The number of carbonyl (C=O) groups excluding carboxylic acids is 2. The van der Waals surface area contributed by atoms with Crippen molar-refractivity contribution in [3.8, 4) is 18.2 Å². The van der Waals surface area contributed by atoms with Gasteiger partial charge in [-0.15, -0.1) is 6.42 Å². The highest BCUT2D eigenvalue weighted by Crippen LogP contribution is 2.66. The predicted octanol–water partition coefficient (Wildman–Crippen LogP) is 1.66. The van der Waals surface area contributed by atoms with Crippen LogP contribution in [0, 0.1) is 24.1 Å². The number of terminal acetylenes is 1. The van der Waals surface area contributed by atoms with Gasteiger partial charge in [0.15, 0.2) is 11.8 Å². The summed E-state index contributed by atoms with van der Waals surface area (Å²) in [6.07, 6.45) is 8.17. The van der Waals surface area contributed by atoms with Gasteiger partial charge < -0.3 is 21.1 Å². The highest BCUT2D eigenvalue weighted by Gasteiger charge is 2.70. The molecule has 9 nitrogen and oxygen atoms in total. The molecule has 2 aliphatic rings. The van der Waals surface area contributed by atoms with Gasteiger partial charge in [0, 0.05) is 24.2 Å². The number of benzene rings is 1. The summed E-state index contributed by atoms with van der Waals surface area (Å²) in [6, 6.07) is 4.18. The molecule has 1 aromatic heterocycles. The lowest BCUT2D eigenvalue weighted by molar-refractivity contribution is -0.121. The first-order valence-electron chi connectivity index (χ1n) is 9.99. The third-order valence-corrected chi connectivity index (χ3v) is 7.06. The second-order valence-electron chi connectivity index (χ2n) is 7.81. The molecule has 33 heavy (non-hydrogen) atoms. The van der Waals surface area contributed by atoms with E-state index in [1.54, 1.807) is 14.0 Å². The van der Waals surface area contributed by atoms with Crippen molar-refractivity contribution in [3.05, 3.63) is 47.7 Å². The maximum Gasteiger partial charge on any atom is 0.275 e. The molecule has 4 rings (SSSR count). The molecule has 0 spiro atoms. The maximum absolute atomic E-state index is 15.0. The summed E-state index contributed by atoms with van der Waals surface area (Å²) >= 11 is 1.20. The Morgan fingerprint density at radius 1 is 1.39 bits per heavy atom. The SMILES string of the molecule is C#CCOc1cnc(C(=O)Nc2ccc(F)c([C@@]3(C)N=C(N)S[C@@]4(C(=O)NC)C[C@H]43)c2)cn1. The molecule has 2 aromatic rings. The van der Waals surface area contributed by atoms with Gasteiger partial charge in [-0.25, -0.2) is 14.4 Å². The summed E-state index contributed by atoms with van der Waals surface area (Å²) < 4.78 is 19.3. The number of thioether (sulfide) groups is 1. The number of nitrogens with two attached hydrogens (primary N) is 1. The number of aliphatic imine (C=N–C) groups is 1. The van der Waals surface area contributed by atoms with E-state index in [4.69, 9.17) is 16.9 Å². The smallest absolute Gasteiger partial charge is 0.275 e. The molecule has 1 aromatic carbocycles. The van der Waals surface area contributed by atoms with Gasteiger partial charge in [0.05, 0.1) is 17.9 Å². The van der Waals surface area contributed by atoms with Gasteiger partial charge in [-0.05, 0) is 31.5 Å². The van der Waals surface area contributed by atoms with Gasteiger partial charge in [-0.3, -0.25) is 14.6 Å². The van der Waals surface area contributed by atoms with Gasteiger partial charge in [0.2, 0.25) is 11.8 Å². The van der Waals surface area contributed by atoms with Crippen LogP contribution < -0.4 is 21.1 Å². The fourth-order valence-electron chi connectivity index (χ4n) is 4.09. The number of amides is 2. The Labute approximate surface area is 193 Å².